The molecule has 0 saturated carbocycles. The lowest BCUT2D eigenvalue weighted by molar-refractivity contribution is -0.132. The van der Waals surface area contributed by atoms with Gasteiger partial charge in [0.2, 0.25) is 0 Å². The number of aliphatic carboxylic acids is 1. The summed E-state index contributed by atoms with van der Waals surface area (Å²) in [6.45, 7) is 7.03. The number of carbonyl (C=O) groups is 1. The maximum Gasteiger partial charge on any atom is 0.335 e. The van der Waals surface area contributed by atoms with Crippen molar-refractivity contribution in [3.63, 3.8) is 0 Å². The van der Waals surface area contributed by atoms with Gasteiger partial charge in [-0.1, -0.05) is 19.2 Å². The Morgan fingerprint density at radius 1 is 1.21 bits per heavy atom. The van der Waals surface area contributed by atoms with Gasteiger partial charge in [-0.05, 0) is 18.2 Å². The standard InChI is InChI=1S/C11H15NO2/c1-5-9(11(13)14)7-8-10(6-2)12(3)4/h5-8H,1-2H2,3-4H3,(H,13,14)/b9-7+,10-8+. The summed E-state index contributed by atoms with van der Waals surface area (Å²) in [5.74, 6) is -0.988. The molecule has 0 spiro atoms. The molecule has 14 heavy (non-hydrogen) atoms. The van der Waals surface area contributed by atoms with Crippen molar-refractivity contribution >= 4 is 5.97 Å². The Hall–Kier alpha value is -1.77. The summed E-state index contributed by atoms with van der Waals surface area (Å²) in [7, 11) is 3.71. The van der Waals surface area contributed by atoms with E-state index < -0.39 is 5.97 Å². The van der Waals surface area contributed by atoms with E-state index in [4.69, 9.17) is 5.11 Å². The van der Waals surface area contributed by atoms with Crippen LogP contribution in [0.5, 0.6) is 0 Å². The number of carboxylic acids is 1. The minimum absolute atomic E-state index is 0.159. The van der Waals surface area contributed by atoms with Gasteiger partial charge in [0.05, 0.1) is 5.57 Å². The fraction of sp³-hybridized carbons (Fsp3) is 0.182. The van der Waals surface area contributed by atoms with E-state index in [-0.39, 0.29) is 5.57 Å². The fourth-order valence-corrected chi connectivity index (χ4v) is 0.801. The summed E-state index contributed by atoms with van der Waals surface area (Å²) in [4.78, 5) is 12.4. The van der Waals surface area contributed by atoms with Crippen molar-refractivity contribution in [2.45, 2.75) is 0 Å². The van der Waals surface area contributed by atoms with Crippen molar-refractivity contribution < 1.29 is 9.90 Å². The second-order valence-electron chi connectivity index (χ2n) is 2.82. The smallest absolute Gasteiger partial charge is 0.335 e. The van der Waals surface area contributed by atoms with Gasteiger partial charge in [0, 0.05) is 19.8 Å². The van der Waals surface area contributed by atoms with Crippen LogP contribution in [0.3, 0.4) is 0 Å². The number of hydrogen-bond donors (Lipinski definition) is 1. The van der Waals surface area contributed by atoms with Crippen LogP contribution in [0.1, 0.15) is 0 Å². The molecule has 0 aromatic carbocycles. The topological polar surface area (TPSA) is 40.5 Å². The zero-order valence-corrected chi connectivity index (χ0v) is 8.53. The fourth-order valence-electron chi connectivity index (χ4n) is 0.801. The monoisotopic (exact) mass is 193 g/mol. The van der Waals surface area contributed by atoms with Gasteiger partial charge < -0.3 is 10.0 Å². The Kier molecular flexibility index (Phi) is 5.07. The summed E-state index contributed by atoms with van der Waals surface area (Å²) >= 11 is 0. The Balaban J connectivity index is 4.88. The second kappa shape index (κ2) is 5.80. The van der Waals surface area contributed by atoms with Crippen LogP contribution >= 0.6 is 0 Å². The molecule has 3 heteroatoms. The van der Waals surface area contributed by atoms with E-state index in [2.05, 4.69) is 13.2 Å². The van der Waals surface area contributed by atoms with Crippen LogP contribution < -0.4 is 0 Å². The molecule has 0 aromatic rings. The zero-order chi connectivity index (χ0) is 11.1. The van der Waals surface area contributed by atoms with Crippen LogP contribution in [0.4, 0.5) is 0 Å². The SMILES string of the molecule is C=C/C(=C\C=C(/C=C)N(C)C)C(=O)O. The maximum atomic E-state index is 10.6. The molecule has 0 saturated heterocycles. The van der Waals surface area contributed by atoms with Gasteiger partial charge in [-0.25, -0.2) is 4.79 Å². The normalized spacial score (nSPS) is 12.1. The Morgan fingerprint density at radius 2 is 1.79 bits per heavy atom. The number of carboxylic acid groups (broad SMARTS) is 1. The first-order valence-electron chi connectivity index (χ1n) is 4.10. The van der Waals surface area contributed by atoms with Crippen molar-refractivity contribution in [3.05, 3.63) is 48.7 Å². The van der Waals surface area contributed by atoms with Crippen molar-refractivity contribution in [3.8, 4) is 0 Å². The van der Waals surface area contributed by atoms with E-state index >= 15 is 0 Å². The molecule has 0 atom stereocenters. The van der Waals surface area contributed by atoms with Gasteiger partial charge >= 0.3 is 5.97 Å². The van der Waals surface area contributed by atoms with Crippen molar-refractivity contribution in [2.75, 3.05) is 14.1 Å². The molecule has 3 nitrogen and oxygen atoms in total. The molecule has 0 aliphatic rings. The van der Waals surface area contributed by atoms with Crippen molar-refractivity contribution in [1.82, 2.24) is 4.90 Å². The van der Waals surface area contributed by atoms with Crippen LogP contribution in [-0.4, -0.2) is 30.1 Å². The molecular formula is C11H15NO2. The summed E-state index contributed by atoms with van der Waals surface area (Å²) in [6, 6.07) is 0. The predicted molar refractivity (Wildman–Crippen MR) is 57.9 cm³/mol. The summed E-state index contributed by atoms with van der Waals surface area (Å²) in [5, 5.41) is 8.69. The highest BCUT2D eigenvalue weighted by Gasteiger charge is 2.00. The summed E-state index contributed by atoms with van der Waals surface area (Å²) in [6.07, 6.45) is 6.12. The average Bonchev–Trinajstić information content (AvgIpc) is 2.11. The Labute approximate surface area is 84.3 Å². The largest absolute Gasteiger partial charge is 0.478 e. The lowest BCUT2D eigenvalue weighted by Crippen LogP contribution is -2.08. The van der Waals surface area contributed by atoms with E-state index in [0.29, 0.717) is 0 Å². The second-order valence-corrected chi connectivity index (χ2v) is 2.82. The van der Waals surface area contributed by atoms with Crippen LogP contribution in [0.15, 0.2) is 48.7 Å². The molecule has 76 valence electrons. The van der Waals surface area contributed by atoms with E-state index in [1.54, 1.807) is 12.2 Å². The van der Waals surface area contributed by atoms with Crippen molar-refractivity contribution in [2.24, 2.45) is 0 Å². The van der Waals surface area contributed by atoms with Crippen LogP contribution in [0, 0.1) is 0 Å². The molecule has 0 aliphatic carbocycles. The molecule has 0 heterocycles. The highest BCUT2D eigenvalue weighted by molar-refractivity contribution is 5.90. The van der Waals surface area contributed by atoms with Crippen LogP contribution in [-0.2, 0) is 4.79 Å². The highest BCUT2D eigenvalue weighted by atomic mass is 16.4. The van der Waals surface area contributed by atoms with E-state index in [9.17, 15) is 4.79 Å². The quantitative estimate of drug-likeness (QED) is 0.534. The molecule has 0 radical (unpaired) electrons. The highest BCUT2D eigenvalue weighted by Crippen LogP contribution is 2.03. The van der Waals surface area contributed by atoms with E-state index in [1.165, 1.54) is 12.2 Å². The van der Waals surface area contributed by atoms with Gasteiger partial charge in [0.15, 0.2) is 0 Å². The minimum Gasteiger partial charge on any atom is -0.478 e. The third kappa shape index (κ3) is 3.76. The predicted octanol–water partition coefficient (Wildman–Crippen LogP) is 1.81. The van der Waals surface area contributed by atoms with Crippen LogP contribution in [0.2, 0.25) is 0 Å². The van der Waals surface area contributed by atoms with Crippen LogP contribution in [0.25, 0.3) is 0 Å². The number of hydrogen-bond acceptors (Lipinski definition) is 2. The van der Waals surface area contributed by atoms with Gasteiger partial charge in [0.25, 0.3) is 0 Å². The number of likely N-dealkylation sites (N-methyl/N-ethyl adjacent to an activating group) is 1. The van der Waals surface area contributed by atoms with Gasteiger partial charge in [-0.2, -0.15) is 0 Å². The molecule has 0 rings (SSSR count). The van der Waals surface area contributed by atoms with E-state index in [1.807, 2.05) is 19.0 Å². The van der Waals surface area contributed by atoms with Gasteiger partial charge in [0.1, 0.15) is 0 Å². The number of nitrogens with zero attached hydrogens (tertiary/aromatic N) is 1. The molecule has 0 amide bonds. The Bertz CT molecular complexity index is 298. The van der Waals surface area contributed by atoms with Gasteiger partial charge in [-0.3, -0.25) is 0 Å². The summed E-state index contributed by atoms with van der Waals surface area (Å²) in [5.41, 5.74) is 0.997. The molecule has 0 aromatic heterocycles. The average molecular weight is 193 g/mol. The third-order valence-electron chi connectivity index (χ3n) is 1.63. The molecule has 1 N–H and O–H groups in total. The summed E-state index contributed by atoms with van der Waals surface area (Å²) < 4.78 is 0. The maximum absolute atomic E-state index is 10.6. The molecule has 0 aliphatic heterocycles. The molecule has 0 unspecified atom stereocenters. The first-order valence-corrected chi connectivity index (χ1v) is 4.10. The first kappa shape index (κ1) is 12.2. The van der Waals surface area contributed by atoms with Crippen molar-refractivity contribution in [1.29, 1.82) is 0 Å². The molecule has 0 bridgehead atoms. The number of rotatable bonds is 5. The molecule has 0 fully saturated rings. The van der Waals surface area contributed by atoms with Gasteiger partial charge in [-0.15, -0.1) is 0 Å². The lowest BCUT2D eigenvalue weighted by Gasteiger charge is -2.12. The lowest BCUT2D eigenvalue weighted by atomic mass is 10.2. The first-order chi connectivity index (χ1) is 6.52. The zero-order valence-electron chi connectivity index (χ0n) is 8.53. The van der Waals surface area contributed by atoms with E-state index in [0.717, 1.165) is 5.70 Å². The molecular weight excluding hydrogens is 178 g/mol. The third-order valence-corrected chi connectivity index (χ3v) is 1.63. The number of allylic oxidation sites excluding steroid dienone is 3. The minimum atomic E-state index is -0.988. The Morgan fingerprint density at radius 3 is 2.07 bits per heavy atom.